The van der Waals surface area contributed by atoms with Crippen LogP contribution < -0.4 is 0 Å². The number of fused-ring (bicyclic) bond motifs is 13. The number of aliphatic carboxylic acids is 1. The molecule has 356 valence electrons. The summed E-state index contributed by atoms with van der Waals surface area (Å²) in [6.45, 7) is 17.9. The fraction of sp³-hybridized carbons (Fsp3) is 0.882. The zero-order valence-corrected chi connectivity index (χ0v) is 39.6. The predicted molar refractivity (Wildman–Crippen MR) is 229 cm³/mol. The molecular weight excluding hydrogens is 821 g/mol. The lowest BCUT2D eigenvalue weighted by Gasteiger charge is -2.51. The number of cyclic esters (lactones) is 2. The van der Waals surface area contributed by atoms with Crippen LogP contribution in [0, 0.1) is 136 Å². The number of hydrogen-bond donors (Lipinski definition) is 3. The summed E-state index contributed by atoms with van der Waals surface area (Å²) in [7, 11) is 0. The van der Waals surface area contributed by atoms with Gasteiger partial charge < -0.3 is 34.3 Å². The van der Waals surface area contributed by atoms with Gasteiger partial charge in [0.05, 0.1) is 43.0 Å². The molecule has 1 aliphatic heterocycles. The van der Waals surface area contributed by atoms with Crippen LogP contribution in [0.1, 0.15) is 114 Å². The van der Waals surface area contributed by atoms with Crippen molar-refractivity contribution >= 4 is 35.8 Å². The number of carboxylic acids is 1. The molecule has 64 heavy (non-hydrogen) atoms. The number of carboxylic acid groups (broad SMARTS) is 1. The zero-order chi connectivity index (χ0) is 46.4. The zero-order valence-electron chi connectivity index (χ0n) is 39.6. The Morgan fingerprint density at radius 2 is 1.17 bits per heavy atom. The van der Waals surface area contributed by atoms with Crippen molar-refractivity contribution in [3.8, 4) is 0 Å². The van der Waals surface area contributed by atoms with E-state index in [1.54, 1.807) is 55.4 Å². The predicted octanol–water partition coefficient (Wildman–Crippen LogP) is 6.20. The van der Waals surface area contributed by atoms with E-state index >= 15 is 0 Å². The molecule has 22 atom stereocenters. The number of ether oxygens (including phenoxy) is 4. The lowest BCUT2D eigenvalue weighted by atomic mass is 9.52. The van der Waals surface area contributed by atoms with Crippen molar-refractivity contribution in [3.05, 3.63) is 0 Å². The molecule has 8 bridgehead atoms. The van der Waals surface area contributed by atoms with Crippen molar-refractivity contribution in [1.82, 2.24) is 0 Å². The molecule has 0 aromatic carbocycles. The van der Waals surface area contributed by atoms with Crippen molar-refractivity contribution in [2.45, 2.75) is 131 Å². The van der Waals surface area contributed by atoms with E-state index in [-0.39, 0.29) is 72.4 Å². The Kier molecular flexibility index (Phi) is 11.3. The van der Waals surface area contributed by atoms with Gasteiger partial charge in [0.2, 0.25) is 0 Å². The normalized spacial score (nSPS) is 45.6. The quantitative estimate of drug-likeness (QED) is 0.0868. The molecule has 0 amide bonds. The van der Waals surface area contributed by atoms with Gasteiger partial charge in [0.1, 0.15) is 11.2 Å². The van der Waals surface area contributed by atoms with Crippen LogP contribution in [0.25, 0.3) is 0 Å². The number of rotatable bonds is 12. The van der Waals surface area contributed by atoms with E-state index < -0.39 is 100.0 Å². The first kappa shape index (κ1) is 46.1. The van der Waals surface area contributed by atoms with E-state index in [4.69, 9.17) is 18.9 Å². The average molecular weight is 895 g/mol. The second-order valence-corrected chi connectivity index (χ2v) is 25.3. The lowest BCUT2D eigenvalue weighted by Crippen LogP contribution is -2.52. The first-order valence-electron chi connectivity index (χ1n) is 24.7. The minimum atomic E-state index is -1.49. The Bertz CT molecular complexity index is 1900. The molecule has 0 aromatic heterocycles. The molecule has 1 heterocycles. The molecule has 9 aliphatic rings. The van der Waals surface area contributed by atoms with Gasteiger partial charge in [0.25, 0.3) is 0 Å². The van der Waals surface area contributed by atoms with Gasteiger partial charge in [-0.25, -0.2) is 0 Å². The molecular formula is C51H74O13. The van der Waals surface area contributed by atoms with Crippen LogP contribution in [0.15, 0.2) is 0 Å². The highest BCUT2D eigenvalue weighted by atomic mass is 16.6. The molecule has 0 spiro atoms. The molecule has 8 saturated carbocycles. The molecule has 13 nitrogen and oxygen atoms in total. The Balaban J connectivity index is 1.02. The van der Waals surface area contributed by atoms with Gasteiger partial charge in [-0.15, -0.1) is 0 Å². The third-order valence-corrected chi connectivity index (χ3v) is 19.3. The largest absolute Gasteiger partial charge is 0.481 e. The molecule has 1 saturated heterocycles. The van der Waals surface area contributed by atoms with E-state index in [0.29, 0.717) is 42.4 Å². The minimum Gasteiger partial charge on any atom is -0.481 e. The number of esters is 5. The van der Waals surface area contributed by atoms with Crippen LogP contribution in [-0.4, -0.2) is 81.7 Å². The summed E-state index contributed by atoms with van der Waals surface area (Å²) in [5.74, 6) is -7.63. The maximum Gasteiger partial charge on any atom is 0.323 e. The number of aliphatic hydroxyl groups excluding tert-OH is 2. The summed E-state index contributed by atoms with van der Waals surface area (Å²) in [5, 5.41) is 32.7. The standard InChI is InChI=1S/C51H74O13/c1-20-25-14-24(15-27(25)42(53)41(47(59)63-49(3,4)5)48(60)64-50(6,7)8)31(20)35-29-17-30(34-23-12-11-22(13-23)33(29)34)36(35)40-39(45(57)62-46(40)58)32-21(2)26-16-28(32)37(43(54)55)38(26)44(56)61-19-51(9,10)18-52/h20-42,52-53H,11-19H2,1-10H3,(H,54,55). The van der Waals surface area contributed by atoms with Crippen LogP contribution in [0.4, 0.5) is 0 Å². The number of hydrogen-bond acceptors (Lipinski definition) is 12. The topological polar surface area (TPSA) is 200 Å². The SMILES string of the molecule is CC1C2CC(C(C(=O)O)C2C(=O)OCC(C)(C)CO)C1C1C(=O)OC(=O)C1C1C2CC(C3C4CCC(C4)C23)C1C1C2CC(C1C)C(C(O)C(C(=O)OC(C)(C)C)C(=O)OC(C)(C)C)C2. The Hall–Kier alpha value is -3.06. The molecule has 9 rings (SSSR count). The lowest BCUT2D eigenvalue weighted by molar-refractivity contribution is -0.183. The molecule has 8 aliphatic carbocycles. The smallest absolute Gasteiger partial charge is 0.323 e. The summed E-state index contributed by atoms with van der Waals surface area (Å²) in [6, 6.07) is 0. The molecule has 0 radical (unpaired) electrons. The second-order valence-electron chi connectivity index (χ2n) is 25.3. The van der Waals surface area contributed by atoms with Gasteiger partial charge in [-0.3, -0.25) is 28.8 Å². The molecule has 22 unspecified atom stereocenters. The van der Waals surface area contributed by atoms with Gasteiger partial charge in [0.15, 0.2) is 5.92 Å². The maximum atomic E-state index is 14.5. The van der Waals surface area contributed by atoms with Crippen molar-refractivity contribution < 1.29 is 63.0 Å². The van der Waals surface area contributed by atoms with Gasteiger partial charge in [-0.2, -0.15) is 0 Å². The molecule has 13 heteroatoms. The summed E-state index contributed by atoms with van der Waals surface area (Å²) in [6.07, 6.45) is 5.26. The van der Waals surface area contributed by atoms with Gasteiger partial charge in [-0.1, -0.05) is 27.7 Å². The third-order valence-electron chi connectivity index (χ3n) is 19.3. The fourth-order valence-electron chi connectivity index (χ4n) is 17.6. The van der Waals surface area contributed by atoms with E-state index in [1.807, 2.05) is 6.92 Å². The highest BCUT2D eigenvalue weighted by Crippen LogP contribution is 2.76. The summed E-state index contributed by atoms with van der Waals surface area (Å²) < 4.78 is 22.9. The Labute approximate surface area is 378 Å². The first-order chi connectivity index (χ1) is 29.8. The summed E-state index contributed by atoms with van der Waals surface area (Å²) >= 11 is 0. The number of carbonyl (C=O) groups excluding carboxylic acids is 5. The van der Waals surface area contributed by atoms with Crippen LogP contribution in [-0.2, 0) is 47.7 Å². The van der Waals surface area contributed by atoms with E-state index in [1.165, 1.54) is 19.3 Å². The number of aliphatic hydroxyl groups is 2. The van der Waals surface area contributed by atoms with E-state index in [2.05, 4.69) is 6.92 Å². The third kappa shape index (κ3) is 7.27. The van der Waals surface area contributed by atoms with Crippen LogP contribution in [0.3, 0.4) is 0 Å². The monoisotopic (exact) mass is 895 g/mol. The van der Waals surface area contributed by atoms with Gasteiger partial charge in [0, 0.05) is 5.41 Å². The second kappa shape index (κ2) is 15.8. The van der Waals surface area contributed by atoms with Crippen LogP contribution >= 0.6 is 0 Å². The Morgan fingerprint density at radius 1 is 0.641 bits per heavy atom. The maximum absolute atomic E-state index is 14.5. The molecule has 0 aromatic rings. The van der Waals surface area contributed by atoms with Crippen molar-refractivity contribution in [2.24, 2.45) is 136 Å². The van der Waals surface area contributed by atoms with Gasteiger partial charge in [-0.05, 0) is 187 Å². The van der Waals surface area contributed by atoms with Crippen LogP contribution in [0.5, 0.6) is 0 Å². The summed E-state index contributed by atoms with van der Waals surface area (Å²) in [4.78, 5) is 83.2. The molecule has 3 N–H and O–H groups in total. The average Bonchev–Trinajstić information content (AvgIpc) is 4.05. The van der Waals surface area contributed by atoms with Crippen LogP contribution in [0.2, 0.25) is 0 Å². The van der Waals surface area contributed by atoms with Gasteiger partial charge >= 0.3 is 35.8 Å². The fourth-order valence-corrected chi connectivity index (χ4v) is 17.6. The molecule has 9 fully saturated rings. The first-order valence-corrected chi connectivity index (χ1v) is 24.7. The highest BCUT2D eigenvalue weighted by molar-refractivity contribution is 5.97. The Morgan fingerprint density at radius 3 is 1.70 bits per heavy atom. The van der Waals surface area contributed by atoms with Crippen molar-refractivity contribution in [2.75, 3.05) is 13.2 Å². The van der Waals surface area contributed by atoms with E-state index in [9.17, 15) is 44.1 Å². The van der Waals surface area contributed by atoms with Crippen molar-refractivity contribution in [3.63, 3.8) is 0 Å². The number of carbonyl (C=O) groups is 6. The van der Waals surface area contributed by atoms with Crippen molar-refractivity contribution in [1.29, 1.82) is 0 Å². The highest BCUT2D eigenvalue weighted by Gasteiger charge is 2.74. The minimum absolute atomic E-state index is 0.0162. The summed E-state index contributed by atoms with van der Waals surface area (Å²) in [5.41, 5.74) is -2.44. The van der Waals surface area contributed by atoms with E-state index in [0.717, 1.165) is 12.8 Å².